The van der Waals surface area contributed by atoms with E-state index >= 15 is 0 Å². The molecule has 13 heavy (non-hydrogen) atoms. The summed E-state index contributed by atoms with van der Waals surface area (Å²) >= 11 is 0. The molecule has 0 spiro atoms. The van der Waals surface area contributed by atoms with Crippen molar-refractivity contribution in [2.75, 3.05) is 6.61 Å². The van der Waals surface area contributed by atoms with Crippen LogP contribution in [0.4, 0.5) is 0 Å². The lowest BCUT2D eigenvalue weighted by molar-refractivity contribution is 0.240. The first-order valence-corrected chi connectivity index (χ1v) is 5.47. The van der Waals surface area contributed by atoms with Gasteiger partial charge in [0.05, 0.1) is 12.9 Å². The minimum Gasteiger partial charge on any atom is -0.502 e. The summed E-state index contributed by atoms with van der Waals surface area (Å²) in [5.41, 5.74) is 0. The molecule has 0 N–H and O–H groups in total. The van der Waals surface area contributed by atoms with E-state index in [0.29, 0.717) is 0 Å². The number of unbranched alkanes of at least 4 members (excludes halogenated alkanes) is 5. The molecule has 0 saturated carbocycles. The van der Waals surface area contributed by atoms with Crippen LogP contribution in [0.1, 0.15) is 51.9 Å². The summed E-state index contributed by atoms with van der Waals surface area (Å²) in [6, 6.07) is 0. The van der Waals surface area contributed by atoms with Gasteiger partial charge in [0.1, 0.15) is 0 Å². The van der Waals surface area contributed by atoms with E-state index in [4.69, 9.17) is 4.74 Å². The van der Waals surface area contributed by atoms with Crippen LogP contribution in [0.3, 0.4) is 0 Å². The molecule has 0 aliphatic heterocycles. The van der Waals surface area contributed by atoms with E-state index in [0.717, 1.165) is 25.9 Å². The fourth-order valence-corrected chi connectivity index (χ4v) is 1.07. The van der Waals surface area contributed by atoms with Crippen molar-refractivity contribution in [2.24, 2.45) is 0 Å². The third-order valence-corrected chi connectivity index (χ3v) is 1.93. The van der Waals surface area contributed by atoms with Gasteiger partial charge in [0.2, 0.25) is 0 Å². The molecule has 1 heteroatoms. The highest BCUT2D eigenvalue weighted by molar-refractivity contribution is 4.72. The lowest BCUT2D eigenvalue weighted by Gasteiger charge is -1.99. The van der Waals surface area contributed by atoms with Gasteiger partial charge in [-0.15, -0.1) is 0 Å². The van der Waals surface area contributed by atoms with Crippen LogP contribution >= 0.6 is 0 Å². The van der Waals surface area contributed by atoms with Crippen molar-refractivity contribution in [1.29, 1.82) is 0 Å². The first-order chi connectivity index (χ1) is 6.41. The molecule has 1 nitrogen and oxygen atoms in total. The quantitative estimate of drug-likeness (QED) is 0.386. The first-order valence-electron chi connectivity index (χ1n) is 5.47. The van der Waals surface area contributed by atoms with Crippen LogP contribution in [0, 0.1) is 6.92 Å². The SMILES string of the molecule is [CH2]CCCCCOC=CCCCC. The van der Waals surface area contributed by atoms with Crippen molar-refractivity contribution in [2.45, 2.75) is 51.9 Å². The molecular formula is C12H23O. The Hall–Kier alpha value is -0.460. The molecule has 77 valence electrons. The lowest BCUT2D eigenvalue weighted by Crippen LogP contribution is -1.87. The molecule has 0 unspecified atom stereocenters. The second-order valence-corrected chi connectivity index (χ2v) is 3.30. The standard InChI is InChI=1S/C12H23O/c1-3-5-7-9-11-13-12-10-8-6-4-2/h10,12H,1,3-9,11H2,2H3. The maximum absolute atomic E-state index is 5.33. The van der Waals surface area contributed by atoms with Gasteiger partial charge in [-0.2, -0.15) is 0 Å². The molecule has 0 amide bonds. The highest BCUT2D eigenvalue weighted by atomic mass is 16.5. The fraction of sp³-hybridized carbons (Fsp3) is 0.750. The molecule has 0 aromatic carbocycles. The Morgan fingerprint density at radius 2 is 2.00 bits per heavy atom. The molecular weight excluding hydrogens is 160 g/mol. The predicted octanol–water partition coefficient (Wildman–Crippen LogP) is 4.10. The van der Waals surface area contributed by atoms with Crippen molar-refractivity contribution in [1.82, 2.24) is 0 Å². The highest BCUT2D eigenvalue weighted by Crippen LogP contribution is 1.99. The van der Waals surface area contributed by atoms with Crippen molar-refractivity contribution < 1.29 is 4.74 Å². The van der Waals surface area contributed by atoms with Crippen molar-refractivity contribution >= 4 is 0 Å². The zero-order chi connectivity index (χ0) is 9.78. The van der Waals surface area contributed by atoms with Gasteiger partial charge < -0.3 is 4.74 Å². The van der Waals surface area contributed by atoms with Crippen LogP contribution in [-0.2, 0) is 4.74 Å². The third-order valence-electron chi connectivity index (χ3n) is 1.93. The summed E-state index contributed by atoms with van der Waals surface area (Å²) < 4.78 is 5.33. The summed E-state index contributed by atoms with van der Waals surface area (Å²) in [7, 11) is 0. The molecule has 0 aliphatic carbocycles. The van der Waals surface area contributed by atoms with Gasteiger partial charge in [-0.25, -0.2) is 0 Å². The smallest absolute Gasteiger partial charge is 0.0873 e. The summed E-state index contributed by atoms with van der Waals surface area (Å²) in [6.07, 6.45) is 12.3. The number of allylic oxidation sites excluding steroid dienone is 1. The fourth-order valence-electron chi connectivity index (χ4n) is 1.07. The van der Waals surface area contributed by atoms with Crippen LogP contribution in [0.25, 0.3) is 0 Å². The Morgan fingerprint density at radius 1 is 1.15 bits per heavy atom. The van der Waals surface area contributed by atoms with Gasteiger partial charge in [0.15, 0.2) is 0 Å². The molecule has 0 aromatic heterocycles. The second kappa shape index (κ2) is 11.5. The van der Waals surface area contributed by atoms with Crippen LogP contribution in [0.15, 0.2) is 12.3 Å². The average Bonchev–Trinajstić information content (AvgIpc) is 2.16. The van der Waals surface area contributed by atoms with E-state index in [1.165, 1.54) is 25.7 Å². The van der Waals surface area contributed by atoms with Crippen LogP contribution in [0.5, 0.6) is 0 Å². The third kappa shape index (κ3) is 11.5. The molecule has 1 radical (unpaired) electrons. The molecule has 0 bridgehead atoms. The number of rotatable bonds is 9. The summed E-state index contributed by atoms with van der Waals surface area (Å²) in [6.45, 7) is 6.86. The first kappa shape index (κ1) is 12.5. The van der Waals surface area contributed by atoms with E-state index in [1.807, 2.05) is 6.26 Å². The summed E-state index contributed by atoms with van der Waals surface area (Å²) in [4.78, 5) is 0. The van der Waals surface area contributed by atoms with E-state index in [2.05, 4.69) is 19.9 Å². The van der Waals surface area contributed by atoms with Gasteiger partial charge in [0, 0.05) is 0 Å². The van der Waals surface area contributed by atoms with Gasteiger partial charge in [0.25, 0.3) is 0 Å². The highest BCUT2D eigenvalue weighted by Gasteiger charge is 1.85. The van der Waals surface area contributed by atoms with E-state index in [1.54, 1.807) is 0 Å². The molecule has 0 heterocycles. The van der Waals surface area contributed by atoms with Gasteiger partial charge in [-0.1, -0.05) is 39.5 Å². The van der Waals surface area contributed by atoms with Crippen LogP contribution < -0.4 is 0 Å². The maximum Gasteiger partial charge on any atom is 0.0873 e. The second-order valence-electron chi connectivity index (χ2n) is 3.30. The van der Waals surface area contributed by atoms with Crippen molar-refractivity contribution in [3.05, 3.63) is 19.3 Å². The van der Waals surface area contributed by atoms with E-state index in [9.17, 15) is 0 Å². The molecule has 0 saturated heterocycles. The summed E-state index contributed by atoms with van der Waals surface area (Å²) in [5, 5.41) is 0. The monoisotopic (exact) mass is 183 g/mol. The zero-order valence-corrected chi connectivity index (χ0v) is 8.93. The zero-order valence-electron chi connectivity index (χ0n) is 8.93. The number of ether oxygens (including phenoxy) is 1. The number of hydrogen-bond donors (Lipinski definition) is 0. The Balaban J connectivity index is 2.93. The molecule has 0 aromatic rings. The molecule has 0 fully saturated rings. The van der Waals surface area contributed by atoms with Gasteiger partial charge in [-0.3, -0.25) is 0 Å². The van der Waals surface area contributed by atoms with Crippen LogP contribution in [-0.4, -0.2) is 6.61 Å². The van der Waals surface area contributed by atoms with Crippen LogP contribution in [0.2, 0.25) is 0 Å². The normalized spacial score (nSPS) is 10.9. The molecule has 0 rings (SSSR count). The van der Waals surface area contributed by atoms with Gasteiger partial charge >= 0.3 is 0 Å². The Labute approximate surface area is 83.2 Å². The summed E-state index contributed by atoms with van der Waals surface area (Å²) in [5.74, 6) is 0. The van der Waals surface area contributed by atoms with E-state index in [-0.39, 0.29) is 0 Å². The average molecular weight is 183 g/mol. The minimum atomic E-state index is 0.864. The Morgan fingerprint density at radius 3 is 2.69 bits per heavy atom. The van der Waals surface area contributed by atoms with Crippen molar-refractivity contribution in [3.63, 3.8) is 0 Å². The maximum atomic E-state index is 5.33. The predicted molar refractivity (Wildman–Crippen MR) is 58.4 cm³/mol. The van der Waals surface area contributed by atoms with E-state index < -0.39 is 0 Å². The Bertz CT molecular complexity index is 108. The largest absolute Gasteiger partial charge is 0.502 e. The Kier molecular flexibility index (Phi) is 11.1. The van der Waals surface area contributed by atoms with Gasteiger partial charge in [-0.05, 0) is 25.3 Å². The lowest BCUT2D eigenvalue weighted by atomic mass is 10.2. The molecule has 0 aliphatic rings. The topological polar surface area (TPSA) is 9.23 Å². The van der Waals surface area contributed by atoms with Crippen molar-refractivity contribution in [3.8, 4) is 0 Å². The minimum absolute atomic E-state index is 0.864. The molecule has 0 atom stereocenters. The number of hydrogen-bond acceptors (Lipinski definition) is 1.